The molecule has 0 bridgehead atoms. The minimum Gasteiger partial charge on any atom is -0.506 e. The van der Waals surface area contributed by atoms with Crippen molar-refractivity contribution in [3.05, 3.63) is 52.5 Å². The second-order valence-corrected chi connectivity index (χ2v) is 4.37. The Balaban J connectivity index is 2.61. The molecular formula is C14H14N2O3. The van der Waals surface area contributed by atoms with Crippen LogP contribution >= 0.6 is 0 Å². The van der Waals surface area contributed by atoms with E-state index < -0.39 is 11.3 Å². The van der Waals surface area contributed by atoms with Crippen molar-refractivity contribution in [3.8, 4) is 5.75 Å². The number of carbonyl (C=O) groups excluding carboxylic acids is 1. The van der Waals surface area contributed by atoms with Crippen molar-refractivity contribution >= 4 is 16.7 Å². The van der Waals surface area contributed by atoms with E-state index in [-0.39, 0.29) is 11.3 Å². The van der Waals surface area contributed by atoms with Gasteiger partial charge < -0.3 is 15.0 Å². The van der Waals surface area contributed by atoms with Gasteiger partial charge in [-0.2, -0.15) is 0 Å². The molecule has 0 aliphatic heterocycles. The Bertz CT molecular complexity index is 714. The molecule has 0 spiro atoms. The summed E-state index contributed by atoms with van der Waals surface area (Å²) in [4.78, 5) is 28.1. The summed E-state index contributed by atoms with van der Waals surface area (Å²) in [7, 11) is 3.52. The minimum absolute atomic E-state index is 0.239. The van der Waals surface area contributed by atoms with Gasteiger partial charge in [-0.25, -0.2) is 0 Å². The molecular weight excluding hydrogens is 244 g/mol. The number of nitrogens with one attached hydrogen (secondary N) is 1. The van der Waals surface area contributed by atoms with Crippen LogP contribution < -0.4 is 5.56 Å². The van der Waals surface area contributed by atoms with Gasteiger partial charge in [0.25, 0.3) is 5.56 Å². The SMILES string of the molecule is CN(C)C=CC(=O)c1c(O)c2ccccc2[nH]c1=O. The van der Waals surface area contributed by atoms with E-state index in [4.69, 9.17) is 0 Å². The zero-order valence-electron chi connectivity index (χ0n) is 10.7. The number of benzene rings is 1. The quantitative estimate of drug-likeness (QED) is 0.646. The van der Waals surface area contributed by atoms with Crippen molar-refractivity contribution < 1.29 is 9.90 Å². The molecule has 19 heavy (non-hydrogen) atoms. The number of pyridine rings is 1. The number of fused-ring (bicyclic) bond motifs is 1. The van der Waals surface area contributed by atoms with Gasteiger partial charge in [0.1, 0.15) is 11.3 Å². The van der Waals surface area contributed by atoms with Crippen LogP contribution in [0.2, 0.25) is 0 Å². The summed E-state index contributed by atoms with van der Waals surface area (Å²) in [6.45, 7) is 0. The molecule has 0 saturated carbocycles. The van der Waals surface area contributed by atoms with Gasteiger partial charge in [0.05, 0.1) is 5.52 Å². The Labute approximate surface area is 109 Å². The van der Waals surface area contributed by atoms with Gasteiger partial charge in [-0.3, -0.25) is 9.59 Å². The van der Waals surface area contributed by atoms with Gasteiger partial charge in [0, 0.05) is 31.8 Å². The standard InChI is InChI=1S/C14H14N2O3/c1-16(2)8-7-11(17)12-13(18)9-5-3-4-6-10(9)15-14(12)19/h3-8H,1-2H3,(H2,15,18,19). The van der Waals surface area contributed by atoms with E-state index in [9.17, 15) is 14.7 Å². The minimum atomic E-state index is -0.593. The van der Waals surface area contributed by atoms with E-state index in [0.29, 0.717) is 10.9 Å². The van der Waals surface area contributed by atoms with Crippen LogP contribution in [0.15, 0.2) is 41.3 Å². The monoisotopic (exact) mass is 258 g/mol. The van der Waals surface area contributed by atoms with Crippen molar-refractivity contribution in [3.63, 3.8) is 0 Å². The molecule has 0 atom stereocenters. The topological polar surface area (TPSA) is 73.4 Å². The Morgan fingerprint density at radius 2 is 2.00 bits per heavy atom. The highest BCUT2D eigenvalue weighted by atomic mass is 16.3. The summed E-state index contributed by atoms with van der Waals surface area (Å²) in [5, 5.41) is 10.5. The van der Waals surface area contributed by atoms with Gasteiger partial charge in [-0.15, -0.1) is 0 Å². The molecule has 1 heterocycles. The van der Waals surface area contributed by atoms with Gasteiger partial charge in [0.15, 0.2) is 5.78 Å². The Hall–Kier alpha value is -2.56. The van der Waals surface area contributed by atoms with Gasteiger partial charge >= 0.3 is 0 Å². The molecule has 2 rings (SSSR count). The summed E-state index contributed by atoms with van der Waals surface area (Å²) in [6.07, 6.45) is 2.77. The van der Waals surface area contributed by atoms with Crippen LogP contribution in [0.1, 0.15) is 10.4 Å². The summed E-state index contributed by atoms with van der Waals surface area (Å²) in [6, 6.07) is 6.78. The fourth-order valence-electron chi connectivity index (χ4n) is 1.75. The van der Waals surface area contributed by atoms with Crippen LogP contribution in [0, 0.1) is 0 Å². The fourth-order valence-corrected chi connectivity index (χ4v) is 1.75. The largest absolute Gasteiger partial charge is 0.506 e. The summed E-state index contributed by atoms with van der Waals surface area (Å²) in [5.41, 5.74) is -0.334. The number of para-hydroxylation sites is 1. The smallest absolute Gasteiger partial charge is 0.263 e. The van der Waals surface area contributed by atoms with Crippen LogP contribution in [0.25, 0.3) is 10.9 Å². The van der Waals surface area contributed by atoms with Crippen LogP contribution in [0.5, 0.6) is 5.75 Å². The molecule has 5 heteroatoms. The van der Waals surface area contributed by atoms with Crippen LogP contribution in [0.4, 0.5) is 0 Å². The second-order valence-electron chi connectivity index (χ2n) is 4.37. The molecule has 1 aromatic carbocycles. The lowest BCUT2D eigenvalue weighted by atomic mass is 10.1. The summed E-state index contributed by atoms with van der Waals surface area (Å²) < 4.78 is 0. The van der Waals surface area contributed by atoms with E-state index in [1.54, 1.807) is 43.3 Å². The fraction of sp³-hybridized carbons (Fsp3) is 0.143. The zero-order valence-corrected chi connectivity index (χ0v) is 10.7. The first-order valence-corrected chi connectivity index (χ1v) is 5.73. The number of aromatic nitrogens is 1. The third kappa shape index (κ3) is 2.49. The van der Waals surface area contributed by atoms with E-state index in [1.165, 1.54) is 12.3 Å². The molecule has 2 aromatic rings. The molecule has 1 aromatic heterocycles. The maximum atomic E-state index is 11.9. The van der Waals surface area contributed by atoms with Crippen molar-refractivity contribution in [2.75, 3.05) is 14.1 Å². The van der Waals surface area contributed by atoms with E-state index in [1.807, 2.05) is 0 Å². The normalized spacial score (nSPS) is 11.1. The van der Waals surface area contributed by atoms with Crippen molar-refractivity contribution in [2.45, 2.75) is 0 Å². The number of rotatable bonds is 3. The number of hydrogen-bond donors (Lipinski definition) is 2. The molecule has 0 saturated heterocycles. The predicted octanol–water partition coefficient (Wildman–Crippen LogP) is 1.49. The third-order valence-corrected chi connectivity index (χ3v) is 2.66. The number of ketones is 1. The maximum Gasteiger partial charge on any atom is 0.263 e. The Morgan fingerprint density at radius 1 is 1.32 bits per heavy atom. The van der Waals surface area contributed by atoms with Gasteiger partial charge in [0.2, 0.25) is 0 Å². The third-order valence-electron chi connectivity index (χ3n) is 2.66. The van der Waals surface area contributed by atoms with Crippen LogP contribution in [0.3, 0.4) is 0 Å². The van der Waals surface area contributed by atoms with Crippen LogP contribution in [-0.2, 0) is 0 Å². The number of carbonyl (C=O) groups is 1. The Morgan fingerprint density at radius 3 is 2.68 bits per heavy atom. The van der Waals surface area contributed by atoms with Crippen molar-refractivity contribution in [2.24, 2.45) is 0 Å². The maximum absolute atomic E-state index is 11.9. The van der Waals surface area contributed by atoms with E-state index >= 15 is 0 Å². The highest BCUT2D eigenvalue weighted by molar-refractivity contribution is 6.09. The van der Waals surface area contributed by atoms with E-state index in [2.05, 4.69) is 4.98 Å². The summed E-state index contributed by atoms with van der Waals surface area (Å²) >= 11 is 0. The second kappa shape index (κ2) is 4.97. The lowest BCUT2D eigenvalue weighted by molar-refractivity contribution is 0.104. The summed E-state index contributed by atoms with van der Waals surface area (Å²) in [5.74, 6) is -0.814. The highest BCUT2D eigenvalue weighted by Gasteiger charge is 2.16. The zero-order chi connectivity index (χ0) is 14.0. The van der Waals surface area contributed by atoms with Crippen molar-refractivity contribution in [1.82, 2.24) is 9.88 Å². The van der Waals surface area contributed by atoms with E-state index in [0.717, 1.165) is 0 Å². The van der Waals surface area contributed by atoms with Crippen LogP contribution in [-0.4, -0.2) is 34.9 Å². The highest BCUT2D eigenvalue weighted by Crippen LogP contribution is 2.24. The number of aromatic hydroxyl groups is 1. The average molecular weight is 258 g/mol. The molecule has 5 nitrogen and oxygen atoms in total. The molecule has 0 fully saturated rings. The molecule has 98 valence electrons. The number of hydrogen-bond acceptors (Lipinski definition) is 4. The molecule has 2 N–H and O–H groups in total. The van der Waals surface area contributed by atoms with Gasteiger partial charge in [-0.1, -0.05) is 12.1 Å². The molecule has 0 aliphatic carbocycles. The number of allylic oxidation sites excluding steroid dienone is 1. The first-order chi connectivity index (χ1) is 9.00. The molecule has 0 amide bonds. The van der Waals surface area contributed by atoms with Gasteiger partial charge in [-0.05, 0) is 12.1 Å². The number of H-pyrrole nitrogens is 1. The average Bonchev–Trinajstić information content (AvgIpc) is 2.36. The molecule has 0 radical (unpaired) electrons. The predicted molar refractivity (Wildman–Crippen MR) is 73.4 cm³/mol. The number of aromatic amines is 1. The molecule has 0 aliphatic rings. The Kier molecular flexibility index (Phi) is 3.37. The number of nitrogens with zero attached hydrogens (tertiary/aromatic N) is 1. The molecule has 0 unspecified atom stereocenters. The first-order valence-electron chi connectivity index (χ1n) is 5.73. The lowest BCUT2D eigenvalue weighted by Gasteiger charge is -2.06. The van der Waals surface area contributed by atoms with Crippen molar-refractivity contribution in [1.29, 1.82) is 0 Å². The first kappa shape index (κ1) is 12.9. The lowest BCUT2D eigenvalue weighted by Crippen LogP contribution is -2.17.